The van der Waals surface area contributed by atoms with E-state index in [2.05, 4.69) is 45.8 Å². The Morgan fingerprint density at radius 2 is 1.85 bits per heavy atom. The van der Waals surface area contributed by atoms with Crippen molar-refractivity contribution in [1.29, 1.82) is 0 Å². The smallest absolute Gasteiger partial charge is 0.0360 e. The van der Waals surface area contributed by atoms with E-state index in [1.54, 1.807) is 0 Å². The van der Waals surface area contributed by atoms with Crippen LogP contribution in [0.3, 0.4) is 0 Å². The van der Waals surface area contributed by atoms with Crippen LogP contribution in [0.15, 0.2) is 29.4 Å². The van der Waals surface area contributed by atoms with Crippen LogP contribution in [0.25, 0.3) is 0 Å². The van der Waals surface area contributed by atoms with E-state index in [1.165, 1.54) is 0 Å². The largest absolute Gasteiger partial charge is 0.261 e. The minimum Gasteiger partial charge on any atom is -0.261 e. The van der Waals surface area contributed by atoms with Gasteiger partial charge in [0.2, 0.25) is 0 Å². The summed E-state index contributed by atoms with van der Waals surface area (Å²) < 4.78 is 0. The maximum atomic E-state index is 4.30. The highest BCUT2D eigenvalue weighted by atomic mass is 14.7. The van der Waals surface area contributed by atoms with Gasteiger partial charge in [0.1, 0.15) is 0 Å². The average Bonchev–Trinajstić information content (AvgIpc) is 2.11. The molecule has 13 heavy (non-hydrogen) atoms. The zero-order valence-electron chi connectivity index (χ0n) is 9.30. The summed E-state index contributed by atoms with van der Waals surface area (Å²) in [4.78, 5) is 4.30. The molecular weight excluding hydrogens is 158 g/mol. The molecule has 0 rings (SSSR count). The molecule has 0 N–H and O–H groups in total. The Morgan fingerprint density at radius 1 is 1.31 bits per heavy atom. The second-order valence-corrected chi connectivity index (χ2v) is 3.79. The van der Waals surface area contributed by atoms with Gasteiger partial charge in [0, 0.05) is 11.9 Å². The number of nitrogens with zero attached hydrogens (tertiary/aromatic N) is 1. The van der Waals surface area contributed by atoms with Gasteiger partial charge in [-0.15, -0.1) is 0 Å². The molecule has 0 aromatic heterocycles. The van der Waals surface area contributed by atoms with Gasteiger partial charge in [0.15, 0.2) is 0 Å². The van der Waals surface area contributed by atoms with E-state index in [0.29, 0.717) is 11.8 Å². The lowest BCUT2D eigenvalue weighted by atomic mass is 10.1. The van der Waals surface area contributed by atoms with Crippen LogP contribution in [0.4, 0.5) is 0 Å². The highest BCUT2D eigenvalue weighted by Crippen LogP contribution is 2.13. The maximum absolute atomic E-state index is 4.30. The summed E-state index contributed by atoms with van der Waals surface area (Å²) >= 11 is 0. The standard InChI is InChI=1S/C12H21N/c1-7-10(4)12(6)13-8-11(5)9(2)3/h8-10H,5-7H2,1-4H3. The third-order valence-corrected chi connectivity index (χ3v) is 2.32. The van der Waals surface area contributed by atoms with Crippen molar-refractivity contribution in [3.05, 3.63) is 24.4 Å². The van der Waals surface area contributed by atoms with Gasteiger partial charge in [-0.1, -0.05) is 40.9 Å². The Morgan fingerprint density at radius 3 is 2.23 bits per heavy atom. The second-order valence-electron chi connectivity index (χ2n) is 3.79. The molecule has 0 aliphatic carbocycles. The molecule has 0 aliphatic heterocycles. The van der Waals surface area contributed by atoms with Gasteiger partial charge in [-0.25, -0.2) is 0 Å². The van der Waals surface area contributed by atoms with Crippen molar-refractivity contribution >= 4 is 6.21 Å². The summed E-state index contributed by atoms with van der Waals surface area (Å²) in [6, 6.07) is 0. The average molecular weight is 179 g/mol. The van der Waals surface area contributed by atoms with Gasteiger partial charge in [0.25, 0.3) is 0 Å². The molecule has 1 unspecified atom stereocenters. The van der Waals surface area contributed by atoms with Crippen molar-refractivity contribution < 1.29 is 0 Å². The van der Waals surface area contributed by atoms with Crippen molar-refractivity contribution in [2.45, 2.75) is 34.1 Å². The number of hydrogen-bond acceptors (Lipinski definition) is 1. The van der Waals surface area contributed by atoms with Crippen LogP contribution in [0, 0.1) is 11.8 Å². The van der Waals surface area contributed by atoms with Gasteiger partial charge in [-0.3, -0.25) is 4.99 Å². The Labute approximate surface area is 82.3 Å². The van der Waals surface area contributed by atoms with E-state index in [1.807, 2.05) is 6.21 Å². The quantitative estimate of drug-likeness (QED) is 0.569. The Balaban J connectivity index is 4.12. The van der Waals surface area contributed by atoms with Crippen LogP contribution in [-0.2, 0) is 0 Å². The summed E-state index contributed by atoms with van der Waals surface area (Å²) in [5.41, 5.74) is 2.01. The first-order valence-corrected chi connectivity index (χ1v) is 4.90. The first-order valence-electron chi connectivity index (χ1n) is 4.90. The first kappa shape index (κ1) is 12.2. The Kier molecular flexibility index (Phi) is 5.36. The minimum atomic E-state index is 0.466. The van der Waals surface area contributed by atoms with Crippen LogP contribution in [0.2, 0.25) is 0 Å². The van der Waals surface area contributed by atoms with Crippen LogP contribution in [0.1, 0.15) is 34.1 Å². The van der Waals surface area contributed by atoms with Crippen LogP contribution in [-0.4, -0.2) is 6.21 Å². The molecular formula is C12H21N. The minimum absolute atomic E-state index is 0.466. The lowest BCUT2D eigenvalue weighted by Gasteiger charge is -2.08. The Bertz CT molecular complexity index is 211. The molecule has 0 saturated carbocycles. The molecule has 0 radical (unpaired) electrons. The monoisotopic (exact) mass is 179 g/mol. The van der Waals surface area contributed by atoms with Gasteiger partial charge in [0.05, 0.1) is 0 Å². The molecule has 0 aliphatic rings. The molecule has 0 heterocycles. The highest BCUT2D eigenvalue weighted by Gasteiger charge is 2.01. The molecule has 1 nitrogen and oxygen atoms in total. The molecule has 0 fully saturated rings. The molecule has 0 bridgehead atoms. The molecule has 0 spiro atoms. The van der Waals surface area contributed by atoms with Crippen molar-refractivity contribution in [2.75, 3.05) is 0 Å². The van der Waals surface area contributed by atoms with E-state index in [0.717, 1.165) is 17.7 Å². The number of allylic oxidation sites excluding steroid dienone is 2. The summed E-state index contributed by atoms with van der Waals surface area (Å²) in [6.07, 6.45) is 2.92. The fourth-order valence-corrected chi connectivity index (χ4v) is 0.678. The predicted octanol–water partition coefficient (Wildman–Crippen LogP) is 3.83. The van der Waals surface area contributed by atoms with Gasteiger partial charge >= 0.3 is 0 Å². The fourth-order valence-electron chi connectivity index (χ4n) is 0.678. The molecule has 1 atom stereocenters. The van der Waals surface area contributed by atoms with Crippen molar-refractivity contribution in [3.63, 3.8) is 0 Å². The number of hydrogen-bond donors (Lipinski definition) is 0. The summed E-state index contributed by atoms with van der Waals surface area (Å²) in [6.45, 7) is 16.3. The maximum Gasteiger partial charge on any atom is 0.0360 e. The Hall–Kier alpha value is -0.850. The molecule has 0 saturated heterocycles. The molecule has 0 aromatic carbocycles. The molecule has 0 amide bonds. The lowest BCUT2D eigenvalue weighted by Crippen LogP contribution is -1.97. The molecule has 74 valence electrons. The lowest BCUT2D eigenvalue weighted by molar-refractivity contribution is 0.651. The normalized spacial score (nSPS) is 13.6. The van der Waals surface area contributed by atoms with Gasteiger partial charge in [-0.2, -0.15) is 0 Å². The summed E-state index contributed by atoms with van der Waals surface area (Å²) in [5, 5.41) is 0. The van der Waals surface area contributed by atoms with E-state index in [9.17, 15) is 0 Å². The third kappa shape index (κ3) is 4.66. The van der Waals surface area contributed by atoms with Crippen molar-refractivity contribution in [3.8, 4) is 0 Å². The van der Waals surface area contributed by atoms with Gasteiger partial charge in [-0.05, 0) is 23.8 Å². The van der Waals surface area contributed by atoms with Crippen LogP contribution >= 0.6 is 0 Å². The summed E-state index contributed by atoms with van der Waals surface area (Å²) in [5.74, 6) is 0.935. The van der Waals surface area contributed by atoms with Crippen LogP contribution in [0.5, 0.6) is 0 Å². The van der Waals surface area contributed by atoms with Crippen LogP contribution < -0.4 is 0 Å². The van der Waals surface area contributed by atoms with Crippen molar-refractivity contribution in [2.24, 2.45) is 16.8 Å². The highest BCUT2D eigenvalue weighted by molar-refractivity contribution is 5.78. The topological polar surface area (TPSA) is 12.4 Å². The first-order chi connectivity index (χ1) is 5.99. The molecule has 0 aromatic rings. The zero-order valence-corrected chi connectivity index (χ0v) is 9.30. The molecule has 1 heteroatoms. The fraction of sp³-hybridized carbons (Fsp3) is 0.583. The van der Waals surface area contributed by atoms with E-state index < -0.39 is 0 Å². The van der Waals surface area contributed by atoms with E-state index >= 15 is 0 Å². The van der Waals surface area contributed by atoms with Crippen molar-refractivity contribution in [1.82, 2.24) is 0 Å². The SMILES string of the molecule is C=C(C=NC(=C)C(C)CC)C(C)C. The zero-order chi connectivity index (χ0) is 10.4. The summed E-state index contributed by atoms with van der Waals surface area (Å²) in [7, 11) is 0. The van der Waals surface area contributed by atoms with E-state index in [4.69, 9.17) is 0 Å². The third-order valence-electron chi connectivity index (χ3n) is 2.32. The van der Waals surface area contributed by atoms with E-state index in [-0.39, 0.29) is 0 Å². The predicted molar refractivity (Wildman–Crippen MR) is 61.1 cm³/mol. The number of rotatable bonds is 5. The second kappa shape index (κ2) is 5.74. The number of aliphatic imine (C=N–C) groups is 1. The van der Waals surface area contributed by atoms with Gasteiger partial charge < -0.3 is 0 Å².